The van der Waals surface area contributed by atoms with Gasteiger partial charge in [-0.25, -0.2) is 4.39 Å². The summed E-state index contributed by atoms with van der Waals surface area (Å²) in [5, 5.41) is 0.668. The SMILES string of the molecule is COc1cc(F)ccc1C1CC(c2ccc(Cl)cc2)=CC1C(=O)c1ccccc1C. The van der Waals surface area contributed by atoms with E-state index < -0.39 is 0 Å². The molecule has 0 saturated carbocycles. The van der Waals surface area contributed by atoms with Crippen LogP contribution in [0.1, 0.15) is 39.4 Å². The van der Waals surface area contributed by atoms with E-state index in [2.05, 4.69) is 0 Å². The molecule has 30 heavy (non-hydrogen) atoms. The number of hydrogen-bond donors (Lipinski definition) is 0. The zero-order valence-corrected chi connectivity index (χ0v) is 17.6. The van der Waals surface area contributed by atoms with Crippen LogP contribution in [-0.2, 0) is 0 Å². The Balaban J connectivity index is 1.79. The monoisotopic (exact) mass is 420 g/mol. The molecule has 0 N–H and O–H groups in total. The molecular formula is C26H22ClFO2. The summed E-state index contributed by atoms with van der Waals surface area (Å²) >= 11 is 6.05. The second-order valence-corrected chi connectivity index (χ2v) is 8.04. The van der Waals surface area contributed by atoms with Gasteiger partial charge < -0.3 is 4.74 Å². The number of benzene rings is 3. The van der Waals surface area contributed by atoms with Crippen LogP contribution in [0.15, 0.2) is 72.8 Å². The minimum atomic E-state index is -0.365. The third-order valence-electron chi connectivity index (χ3n) is 5.78. The number of methoxy groups -OCH3 is 1. The predicted molar refractivity (Wildman–Crippen MR) is 119 cm³/mol. The molecule has 0 amide bonds. The second-order valence-electron chi connectivity index (χ2n) is 7.60. The first-order valence-electron chi connectivity index (χ1n) is 9.88. The van der Waals surface area contributed by atoms with Gasteiger partial charge in [0.25, 0.3) is 0 Å². The van der Waals surface area contributed by atoms with E-state index in [1.807, 2.05) is 61.5 Å². The lowest BCUT2D eigenvalue weighted by Crippen LogP contribution is -2.19. The molecule has 0 heterocycles. The van der Waals surface area contributed by atoms with Crippen LogP contribution in [0.4, 0.5) is 4.39 Å². The normalized spacial score (nSPS) is 18.2. The molecule has 2 unspecified atom stereocenters. The first kappa shape index (κ1) is 20.4. The van der Waals surface area contributed by atoms with Crippen molar-refractivity contribution in [3.05, 3.63) is 106 Å². The molecule has 0 radical (unpaired) electrons. The molecule has 2 nitrogen and oxygen atoms in total. The van der Waals surface area contributed by atoms with Crippen molar-refractivity contribution >= 4 is 23.0 Å². The van der Waals surface area contributed by atoms with Crippen molar-refractivity contribution in [1.29, 1.82) is 0 Å². The number of rotatable bonds is 5. The molecule has 0 aromatic heterocycles. The summed E-state index contributed by atoms with van der Waals surface area (Å²) in [6, 6.07) is 19.8. The molecule has 3 aromatic rings. The Morgan fingerprint density at radius 3 is 2.50 bits per heavy atom. The fraction of sp³-hybridized carbons (Fsp3) is 0.192. The van der Waals surface area contributed by atoms with Gasteiger partial charge in [0.05, 0.1) is 7.11 Å². The molecule has 4 rings (SSSR count). The van der Waals surface area contributed by atoms with Crippen molar-refractivity contribution in [2.45, 2.75) is 19.3 Å². The van der Waals surface area contributed by atoms with Crippen LogP contribution in [0.5, 0.6) is 5.75 Å². The molecule has 0 spiro atoms. The van der Waals surface area contributed by atoms with Gasteiger partial charge in [0, 0.05) is 28.5 Å². The number of hydrogen-bond acceptors (Lipinski definition) is 2. The summed E-state index contributed by atoms with van der Waals surface area (Å²) in [7, 11) is 1.53. The predicted octanol–water partition coefficient (Wildman–Crippen LogP) is 6.87. The summed E-state index contributed by atoms with van der Waals surface area (Å²) in [4.78, 5) is 13.6. The maximum atomic E-state index is 13.8. The minimum absolute atomic E-state index is 0.0634. The molecule has 0 aliphatic heterocycles. The average molecular weight is 421 g/mol. The smallest absolute Gasteiger partial charge is 0.170 e. The first-order valence-corrected chi connectivity index (χ1v) is 10.3. The van der Waals surface area contributed by atoms with Crippen molar-refractivity contribution in [2.75, 3.05) is 7.11 Å². The van der Waals surface area contributed by atoms with E-state index in [0.29, 0.717) is 22.8 Å². The highest BCUT2D eigenvalue weighted by Gasteiger charge is 2.36. The highest BCUT2D eigenvalue weighted by atomic mass is 35.5. The Kier molecular flexibility index (Phi) is 5.74. The highest BCUT2D eigenvalue weighted by molar-refractivity contribution is 6.30. The Morgan fingerprint density at radius 2 is 1.80 bits per heavy atom. The van der Waals surface area contributed by atoms with E-state index >= 15 is 0 Å². The molecule has 4 heteroatoms. The summed E-state index contributed by atoms with van der Waals surface area (Å²) in [6.07, 6.45) is 2.71. The van der Waals surface area contributed by atoms with E-state index in [9.17, 15) is 9.18 Å². The molecule has 1 aliphatic rings. The molecule has 0 saturated heterocycles. The van der Waals surface area contributed by atoms with Gasteiger partial charge in [0.1, 0.15) is 11.6 Å². The average Bonchev–Trinajstić information content (AvgIpc) is 3.19. The fourth-order valence-electron chi connectivity index (χ4n) is 4.22. The van der Waals surface area contributed by atoms with Crippen molar-refractivity contribution in [3.8, 4) is 5.75 Å². The lowest BCUT2D eigenvalue weighted by molar-refractivity contribution is 0.0933. The first-order chi connectivity index (χ1) is 14.5. The van der Waals surface area contributed by atoms with E-state index in [1.54, 1.807) is 6.07 Å². The van der Waals surface area contributed by atoms with Crippen molar-refractivity contribution in [2.24, 2.45) is 5.92 Å². The van der Waals surface area contributed by atoms with E-state index in [4.69, 9.17) is 16.3 Å². The van der Waals surface area contributed by atoms with E-state index in [0.717, 1.165) is 22.3 Å². The molecule has 3 aromatic carbocycles. The number of Topliss-reactive ketones (excluding diaryl/α,β-unsaturated/α-hetero) is 1. The van der Waals surface area contributed by atoms with Crippen LogP contribution in [-0.4, -0.2) is 12.9 Å². The van der Waals surface area contributed by atoms with Gasteiger partial charge in [-0.15, -0.1) is 0 Å². The van der Waals surface area contributed by atoms with Crippen molar-refractivity contribution in [1.82, 2.24) is 0 Å². The number of ketones is 1. The second kappa shape index (κ2) is 8.45. The highest BCUT2D eigenvalue weighted by Crippen LogP contribution is 2.47. The van der Waals surface area contributed by atoms with Crippen molar-refractivity contribution < 1.29 is 13.9 Å². The van der Waals surface area contributed by atoms with Crippen LogP contribution >= 0.6 is 11.6 Å². The Bertz CT molecular complexity index is 1120. The van der Waals surface area contributed by atoms with Gasteiger partial charge in [-0.2, -0.15) is 0 Å². The molecule has 152 valence electrons. The summed E-state index contributed by atoms with van der Waals surface area (Å²) in [5.41, 5.74) is 4.61. The third kappa shape index (κ3) is 3.90. The van der Waals surface area contributed by atoms with Crippen molar-refractivity contribution in [3.63, 3.8) is 0 Å². The number of allylic oxidation sites excluding steroid dienone is 2. The number of carbonyl (C=O) groups excluding carboxylic acids is 1. The molecule has 0 bridgehead atoms. The minimum Gasteiger partial charge on any atom is -0.496 e. The fourth-order valence-corrected chi connectivity index (χ4v) is 4.35. The number of carbonyl (C=O) groups is 1. The van der Waals surface area contributed by atoms with Gasteiger partial charge in [-0.3, -0.25) is 4.79 Å². The maximum absolute atomic E-state index is 13.8. The number of halogens is 2. The zero-order valence-electron chi connectivity index (χ0n) is 16.9. The Labute approximate surface area is 181 Å². The van der Waals surface area contributed by atoms with Crippen LogP contribution in [0, 0.1) is 18.7 Å². The van der Waals surface area contributed by atoms with Crippen LogP contribution in [0.25, 0.3) is 5.57 Å². The lowest BCUT2D eigenvalue weighted by Gasteiger charge is -2.22. The van der Waals surface area contributed by atoms with E-state index in [-0.39, 0.29) is 23.4 Å². The molecule has 1 aliphatic carbocycles. The Morgan fingerprint density at radius 1 is 1.07 bits per heavy atom. The summed E-state index contributed by atoms with van der Waals surface area (Å²) in [6.45, 7) is 1.94. The summed E-state index contributed by atoms with van der Waals surface area (Å²) in [5.74, 6) is -0.336. The topological polar surface area (TPSA) is 26.3 Å². The molecule has 0 fully saturated rings. The molecule has 2 atom stereocenters. The van der Waals surface area contributed by atoms with Gasteiger partial charge in [-0.1, -0.05) is 60.1 Å². The van der Waals surface area contributed by atoms with Crippen LogP contribution in [0.3, 0.4) is 0 Å². The lowest BCUT2D eigenvalue weighted by atomic mass is 9.82. The number of aryl methyl sites for hydroxylation is 1. The quantitative estimate of drug-likeness (QED) is 0.421. The van der Waals surface area contributed by atoms with Gasteiger partial charge in [0.2, 0.25) is 0 Å². The van der Waals surface area contributed by atoms with Crippen LogP contribution in [0.2, 0.25) is 5.02 Å². The summed E-state index contributed by atoms with van der Waals surface area (Å²) < 4.78 is 19.3. The van der Waals surface area contributed by atoms with Crippen LogP contribution < -0.4 is 4.74 Å². The van der Waals surface area contributed by atoms with Gasteiger partial charge in [0.15, 0.2) is 5.78 Å². The third-order valence-corrected chi connectivity index (χ3v) is 6.03. The van der Waals surface area contributed by atoms with Gasteiger partial charge in [-0.05, 0) is 53.8 Å². The zero-order chi connectivity index (χ0) is 21.3. The number of ether oxygens (including phenoxy) is 1. The Hall–Kier alpha value is -2.91. The standard InChI is InChI=1S/C26H22ClFO2/c1-16-5-3-4-6-21(16)26(29)24-14-18(17-7-9-19(27)10-8-17)13-23(24)22-12-11-20(28)15-25(22)30-2/h3-12,14-15,23-24H,13H2,1-2H3. The largest absolute Gasteiger partial charge is 0.496 e. The molecular weight excluding hydrogens is 399 g/mol. The van der Waals surface area contributed by atoms with E-state index in [1.165, 1.54) is 19.2 Å². The maximum Gasteiger partial charge on any atom is 0.170 e. The van der Waals surface area contributed by atoms with Gasteiger partial charge >= 0.3 is 0 Å².